The Bertz CT molecular complexity index is 835. The molecule has 1 aliphatic rings. The molecule has 0 spiro atoms. The molecule has 0 unspecified atom stereocenters. The molecule has 2 heterocycles. The Labute approximate surface area is 155 Å². The van der Waals surface area contributed by atoms with E-state index in [9.17, 15) is 19.7 Å². The molecule has 2 aromatic rings. The first kappa shape index (κ1) is 18.4. The van der Waals surface area contributed by atoms with E-state index in [1.54, 1.807) is 35.2 Å². The van der Waals surface area contributed by atoms with Crippen molar-refractivity contribution in [3.05, 3.63) is 70.2 Å². The monoisotopic (exact) mass is 369 g/mol. The zero-order valence-electron chi connectivity index (χ0n) is 14.5. The van der Waals surface area contributed by atoms with Crippen LogP contribution in [0.1, 0.15) is 29.0 Å². The Morgan fingerprint density at radius 1 is 1.19 bits per heavy atom. The number of furan rings is 1. The second-order valence-electron chi connectivity index (χ2n) is 6.23. The normalized spacial score (nSPS) is 15.0. The van der Waals surface area contributed by atoms with E-state index < -0.39 is 4.92 Å². The molecule has 1 aliphatic heterocycles. The fourth-order valence-corrected chi connectivity index (χ4v) is 2.91. The second kappa shape index (κ2) is 8.31. The highest BCUT2D eigenvalue weighted by molar-refractivity contribution is 5.92. The topological polar surface area (TPSA) is 106 Å². The predicted octanol–water partition coefficient (Wildman–Crippen LogP) is 2.62. The van der Waals surface area contributed by atoms with Gasteiger partial charge < -0.3 is 14.6 Å². The molecule has 3 rings (SSSR count). The summed E-state index contributed by atoms with van der Waals surface area (Å²) >= 11 is 0. The molecule has 0 radical (unpaired) electrons. The largest absolute Gasteiger partial charge is 0.459 e. The van der Waals surface area contributed by atoms with Crippen molar-refractivity contribution in [3.63, 3.8) is 0 Å². The molecule has 27 heavy (non-hydrogen) atoms. The Hall–Kier alpha value is -3.42. The molecule has 1 aromatic heterocycles. The van der Waals surface area contributed by atoms with Gasteiger partial charge in [-0.15, -0.1) is 0 Å². The lowest BCUT2D eigenvalue weighted by atomic mass is 10.0. The fraction of sp³-hybridized carbons (Fsp3) is 0.263. The SMILES string of the molecule is O=C(/C=C/c1ccc([N+](=O)[O-])cc1)NC1CCN(C(=O)c2ccco2)CC1. The van der Waals surface area contributed by atoms with Crippen LogP contribution in [-0.2, 0) is 4.79 Å². The first-order valence-corrected chi connectivity index (χ1v) is 8.59. The molecule has 1 saturated heterocycles. The number of nitro groups is 1. The van der Waals surface area contributed by atoms with Gasteiger partial charge in [0, 0.05) is 37.3 Å². The molecule has 0 saturated carbocycles. The molecule has 1 fully saturated rings. The summed E-state index contributed by atoms with van der Waals surface area (Å²) in [6.07, 6.45) is 5.82. The van der Waals surface area contributed by atoms with Gasteiger partial charge in [0.05, 0.1) is 11.2 Å². The molecule has 8 nitrogen and oxygen atoms in total. The molecule has 1 N–H and O–H groups in total. The van der Waals surface area contributed by atoms with Gasteiger partial charge >= 0.3 is 0 Å². The van der Waals surface area contributed by atoms with Crippen LogP contribution in [0.25, 0.3) is 6.08 Å². The summed E-state index contributed by atoms with van der Waals surface area (Å²) in [4.78, 5) is 36.1. The van der Waals surface area contributed by atoms with Crippen molar-refractivity contribution in [1.29, 1.82) is 0 Å². The number of carbonyl (C=O) groups excluding carboxylic acids is 2. The maximum Gasteiger partial charge on any atom is 0.289 e. The van der Waals surface area contributed by atoms with Crippen LogP contribution >= 0.6 is 0 Å². The van der Waals surface area contributed by atoms with Gasteiger partial charge in [-0.05, 0) is 48.7 Å². The first-order valence-electron chi connectivity index (χ1n) is 8.59. The lowest BCUT2D eigenvalue weighted by molar-refractivity contribution is -0.384. The van der Waals surface area contributed by atoms with Crippen molar-refractivity contribution >= 4 is 23.6 Å². The minimum atomic E-state index is -0.469. The molecule has 0 aliphatic carbocycles. The van der Waals surface area contributed by atoms with Crippen LogP contribution < -0.4 is 5.32 Å². The molecular weight excluding hydrogens is 350 g/mol. The van der Waals surface area contributed by atoms with Gasteiger partial charge in [0.25, 0.3) is 11.6 Å². The third-order valence-electron chi connectivity index (χ3n) is 4.39. The molecule has 0 bridgehead atoms. The van der Waals surface area contributed by atoms with Crippen molar-refractivity contribution < 1.29 is 18.9 Å². The summed E-state index contributed by atoms with van der Waals surface area (Å²) in [6.45, 7) is 1.10. The minimum absolute atomic E-state index is 0.000313. The standard InChI is InChI=1S/C19H19N3O5/c23-18(8-5-14-3-6-16(7-4-14)22(25)26)20-15-9-11-21(12-10-15)19(24)17-2-1-13-27-17/h1-8,13,15H,9-12H2,(H,20,23)/b8-5+. The van der Waals surface area contributed by atoms with Crippen molar-refractivity contribution in [1.82, 2.24) is 10.2 Å². The lowest BCUT2D eigenvalue weighted by Crippen LogP contribution is -2.46. The van der Waals surface area contributed by atoms with Gasteiger partial charge in [-0.3, -0.25) is 19.7 Å². The van der Waals surface area contributed by atoms with Crippen molar-refractivity contribution in [3.8, 4) is 0 Å². The fourth-order valence-electron chi connectivity index (χ4n) is 2.91. The number of piperidine rings is 1. The summed E-state index contributed by atoms with van der Waals surface area (Å²) in [5.41, 5.74) is 0.710. The van der Waals surface area contributed by atoms with Crippen LogP contribution in [-0.4, -0.2) is 40.8 Å². The molecular formula is C19H19N3O5. The molecule has 1 aromatic carbocycles. The molecule has 140 valence electrons. The number of benzene rings is 1. The molecule has 0 atom stereocenters. The molecule has 2 amide bonds. The average Bonchev–Trinajstić information content (AvgIpc) is 3.21. The highest BCUT2D eigenvalue weighted by Crippen LogP contribution is 2.15. The van der Waals surface area contributed by atoms with E-state index in [2.05, 4.69) is 5.32 Å². The van der Waals surface area contributed by atoms with Crippen molar-refractivity contribution in [2.75, 3.05) is 13.1 Å². The van der Waals surface area contributed by atoms with Crippen LogP contribution in [0.15, 0.2) is 53.2 Å². The van der Waals surface area contributed by atoms with Crippen molar-refractivity contribution in [2.24, 2.45) is 0 Å². The van der Waals surface area contributed by atoms with Gasteiger partial charge in [-0.1, -0.05) is 0 Å². The van der Waals surface area contributed by atoms with Gasteiger partial charge in [0.1, 0.15) is 0 Å². The number of amides is 2. The first-order chi connectivity index (χ1) is 13.0. The van der Waals surface area contributed by atoms with Crippen molar-refractivity contribution in [2.45, 2.75) is 18.9 Å². The third kappa shape index (κ3) is 4.81. The van der Waals surface area contributed by atoms with Gasteiger partial charge in [0.15, 0.2) is 5.76 Å². The third-order valence-corrected chi connectivity index (χ3v) is 4.39. The maximum absolute atomic E-state index is 12.2. The second-order valence-corrected chi connectivity index (χ2v) is 6.23. The summed E-state index contributed by atoms with van der Waals surface area (Å²) in [6, 6.07) is 9.27. The van der Waals surface area contributed by atoms with Crippen LogP contribution in [0.4, 0.5) is 5.69 Å². The van der Waals surface area contributed by atoms with Gasteiger partial charge in [0.2, 0.25) is 5.91 Å². The Morgan fingerprint density at radius 2 is 1.89 bits per heavy atom. The number of carbonyl (C=O) groups is 2. The van der Waals surface area contributed by atoms with E-state index in [4.69, 9.17) is 4.42 Å². The summed E-state index contributed by atoms with van der Waals surface area (Å²) < 4.78 is 5.13. The van der Waals surface area contributed by atoms with Crippen LogP contribution in [0, 0.1) is 10.1 Å². The van der Waals surface area contributed by atoms with Crippen LogP contribution in [0.5, 0.6) is 0 Å². The predicted molar refractivity (Wildman–Crippen MR) is 97.9 cm³/mol. The number of nitrogens with one attached hydrogen (secondary N) is 1. The Morgan fingerprint density at radius 3 is 2.48 bits per heavy atom. The van der Waals surface area contributed by atoms with Gasteiger partial charge in [-0.2, -0.15) is 0 Å². The quantitative estimate of drug-likeness (QED) is 0.495. The minimum Gasteiger partial charge on any atom is -0.459 e. The van der Waals surface area contributed by atoms with Gasteiger partial charge in [-0.25, -0.2) is 0 Å². The van der Waals surface area contributed by atoms with E-state index in [-0.39, 0.29) is 23.5 Å². The lowest BCUT2D eigenvalue weighted by Gasteiger charge is -2.31. The number of likely N-dealkylation sites (tertiary alicyclic amines) is 1. The highest BCUT2D eigenvalue weighted by Gasteiger charge is 2.25. The zero-order valence-corrected chi connectivity index (χ0v) is 14.5. The number of hydrogen-bond acceptors (Lipinski definition) is 5. The van der Waals surface area contributed by atoms with E-state index in [1.165, 1.54) is 24.5 Å². The van der Waals surface area contributed by atoms with Crippen LogP contribution in [0.2, 0.25) is 0 Å². The maximum atomic E-state index is 12.2. The van der Waals surface area contributed by atoms with E-state index in [1.807, 2.05) is 0 Å². The van der Waals surface area contributed by atoms with E-state index in [0.29, 0.717) is 37.3 Å². The zero-order chi connectivity index (χ0) is 19.2. The van der Waals surface area contributed by atoms with E-state index >= 15 is 0 Å². The number of nitro benzene ring substituents is 1. The molecule has 8 heteroatoms. The summed E-state index contributed by atoms with van der Waals surface area (Å²) in [5, 5.41) is 13.5. The number of rotatable bonds is 5. The number of nitrogens with zero attached hydrogens (tertiary/aromatic N) is 2. The Balaban J connectivity index is 1.46. The highest BCUT2D eigenvalue weighted by atomic mass is 16.6. The van der Waals surface area contributed by atoms with Crippen LogP contribution in [0.3, 0.4) is 0 Å². The number of hydrogen-bond donors (Lipinski definition) is 1. The number of non-ortho nitro benzene ring substituents is 1. The van der Waals surface area contributed by atoms with E-state index in [0.717, 1.165) is 0 Å². The summed E-state index contributed by atoms with van der Waals surface area (Å²) in [7, 11) is 0. The average molecular weight is 369 g/mol. The summed E-state index contributed by atoms with van der Waals surface area (Å²) in [5.74, 6) is -0.0458. The Kier molecular flexibility index (Phi) is 5.65. The smallest absolute Gasteiger partial charge is 0.289 e.